The minimum absolute atomic E-state index is 1.11. The molecule has 3 rings (SSSR count). The van der Waals surface area contributed by atoms with Crippen molar-refractivity contribution in [2.45, 2.75) is 39.2 Å². The van der Waals surface area contributed by atoms with Crippen molar-refractivity contribution in [3.8, 4) is 0 Å². The Hall–Kier alpha value is -1.28. The first kappa shape index (κ1) is 13.7. The van der Waals surface area contributed by atoms with Crippen LogP contribution >= 0.6 is 15.9 Å². The minimum Gasteiger partial charge on any atom is -0.340 e. The first-order chi connectivity index (χ1) is 9.81. The Morgan fingerprint density at radius 1 is 0.900 bits per heavy atom. The largest absolute Gasteiger partial charge is 0.340 e. The van der Waals surface area contributed by atoms with Gasteiger partial charge in [-0.15, -0.1) is 0 Å². The van der Waals surface area contributed by atoms with Gasteiger partial charge in [0.1, 0.15) is 0 Å². The molecular formula is C18H20BrN. The van der Waals surface area contributed by atoms with Gasteiger partial charge in [-0.05, 0) is 24.6 Å². The third-order valence-corrected chi connectivity index (χ3v) is 4.46. The molecule has 0 bridgehead atoms. The van der Waals surface area contributed by atoms with Crippen molar-refractivity contribution >= 4 is 37.7 Å². The first-order valence-electron chi connectivity index (χ1n) is 7.47. The highest BCUT2D eigenvalue weighted by atomic mass is 79.9. The van der Waals surface area contributed by atoms with E-state index in [0.717, 1.165) is 11.0 Å². The zero-order valence-electron chi connectivity index (χ0n) is 11.9. The lowest BCUT2D eigenvalue weighted by molar-refractivity contribution is 0.602. The van der Waals surface area contributed by atoms with Crippen molar-refractivity contribution in [2.24, 2.45) is 0 Å². The molecule has 1 heterocycles. The maximum atomic E-state index is 3.60. The van der Waals surface area contributed by atoms with E-state index in [1.807, 2.05) is 0 Å². The molecule has 2 aromatic carbocycles. The monoisotopic (exact) mass is 329 g/mol. The van der Waals surface area contributed by atoms with E-state index in [9.17, 15) is 0 Å². The highest BCUT2D eigenvalue weighted by molar-refractivity contribution is 9.10. The van der Waals surface area contributed by atoms with Crippen LogP contribution in [0.15, 0.2) is 46.9 Å². The van der Waals surface area contributed by atoms with Gasteiger partial charge in [0.05, 0.1) is 5.52 Å². The Labute approximate surface area is 128 Å². The summed E-state index contributed by atoms with van der Waals surface area (Å²) in [7, 11) is 0. The van der Waals surface area contributed by atoms with E-state index in [1.165, 1.54) is 47.5 Å². The third-order valence-electron chi connectivity index (χ3n) is 3.97. The summed E-state index contributed by atoms with van der Waals surface area (Å²) >= 11 is 3.60. The summed E-state index contributed by atoms with van der Waals surface area (Å²) in [6, 6.07) is 15.3. The van der Waals surface area contributed by atoms with Gasteiger partial charge >= 0.3 is 0 Å². The number of para-hydroxylation sites is 1. The number of aromatic nitrogens is 1. The summed E-state index contributed by atoms with van der Waals surface area (Å²) in [5, 5.41) is 2.73. The van der Waals surface area contributed by atoms with Crippen LogP contribution in [-0.2, 0) is 6.54 Å². The van der Waals surface area contributed by atoms with E-state index in [1.54, 1.807) is 0 Å². The molecule has 1 aromatic heterocycles. The minimum atomic E-state index is 1.11. The molecule has 104 valence electrons. The molecule has 0 spiro atoms. The number of nitrogens with zero attached hydrogens (tertiary/aromatic N) is 1. The van der Waals surface area contributed by atoms with Crippen molar-refractivity contribution < 1.29 is 0 Å². The van der Waals surface area contributed by atoms with Gasteiger partial charge in [-0.2, -0.15) is 0 Å². The topological polar surface area (TPSA) is 4.93 Å². The fourth-order valence-electron chi connectivity index (χ4n) is 2.96. The molecule has 0 unspecified atom stereocenters. The maximum Gasteiger partial charge on any atom is 0.0502 e. The molecule has 0 saturated carbocycles. The summed E-state index contributed by atoms with van der Waals surface area (Å²) in [6.07, 6.45) is 5.20. The average Bonchev–Trinajstić information content (AvgIpc) is 2.77. The number of halogens is 1. The van der Waals surface area contributed by atoms with Gasteiger partial charge in [-0.25, -0.2) is 0 Å². The van der Waals surface area contributed by atoms with Crippen LogP contribution in [0, 0.1) is 0 Å². The molecule has 0 amide bonds. The van der Waals surface area contributed by atoms with E-state index >= 15 is 0 Å². The second-order valence-electron chi connectivity index (χ2n) is 5.39. The molecule has 0 aliphatic heterocycles. The Morgan fingerprint density at radius 2 is 1.70 bits per heavy atom. The van der Waals surface area contributed by atoms with E-state index in [2.05, 4.69) is 69.9 Å². The molecule has 0 atom stereocenters. The lowest BCUT2D eigenvalue weighted by atomic mass is 10.2. The van der Waals surface area contributed by atoms with Crippen LogP contribution in [0.5, 0.6) is 0 Å². The van der Waals surface area contributed by atoms with Gasteiger partial charge in [-0.1, -0.05) is 66.4 Å². The van der Waals surface area contributed by atoms with Gasteiger partial charge in [0.25, 0.3) is 0 Å². The number of aryl methyl sites for hydroxylation is 1. The molecule has 0 N–H and O–H groups in total. The number of unbranched alkanes of at least 4 members (excludes halogenated alkanes) is 3. The third kappa shape index (κ3) is 2.49. The summed E-state index contributed by atoms with van der Waals surface area (Å²) < 4.78 is 3.63. The van der Waals surface area contributed by atoms with Gasteiger partial charge in [0, 0.05) is 27.3 Å². The second kappa shape index (κ2) is 6.01. The fraction of sp³-hybridized carbons (Fsp3) is 0.333. The zero-order chi connectivity index (χ0) is 13.9. The van der Waals surface area contributed by atoms with E-state index in [4.69, 9.17) is 0 Å². The van der Waals surface area contributed by atoms with E-state index < -0.39 is 0 Å². The molecule has 0 radical (unpaired) electrons. The first-order valence-corrected chi connectivity index (χ1v) is 8.27. The molecule has 20 heavy (non-hydrogen) atoms. The number of rotatable bonds is 5. The van der Waals surface area contributed by atoms with Crippen molar-refractivity contribution in [1.82, 2.24) is 4.57 Å². The van der Waals surface area contributed by atoms with Crippen LogP contribution < -0.4 is 0 Å². The molecule has 1 nitrogen and oxygen atoms in total. The highest BCUT2D eigenvalue weighted by Gasteiger charge is 2.09. The van der Waals surface area contributed by atoms with Crippen LogP contribution in [0.2, 0.25) is 0 Å². The summed E-state index contributed by atoms with van der Waals surface area (Å²) in [5.74, 6) is 0. The summed E-state index contributed by atoms with van der Waals surface area (Å²) in [6.45, 7) is 3.37. The Morgan fingerprint density at radius 3 is 2.55 bits per heavy atom. The molecule has 0 aliphatic rings. The zero-order valence-corrected chi connectivity index (χ0v) is 13.5. The van der Waals surface area contributed by atoms with Crippen LogP contribution in [0.25, 0.3) is 21.8 Å². The quantitative estimate of drug-likeness (QED) is 0.495. The predicted octanol–water partition coefficient (Wildman–Crippen LogP) is 6.14. The normalized spacial score (nSPS) is 11.5. The summed E-state index contributed by atoms with van der Waals surface area (Å²) in [5.41, 5.74) is 2.70. The predicted molar refractivity (Wildman–Crippen MR) is 91.3 cm³/mol. The summed E-state index contributed by atoms with van der Waals surface area (Å²) in [4.78, 5) is 0. The lowest BCUT2D eigenvalue weighted by Crippen LogP contribution is -1.97. The fourth-order valence-corrected chi connectivity index (χ4v) is 3.31. The number of benzene rings is 2. The molecule has 0 aliphatic carbocycles. The van der Waals surface area contributed by atoms with Crippen LogP contribution in [-0.4, -0.2) is 4.57 Å². The molecular weight excluding hydrogens is 310 g/mol. The van der Waals surface area contributed by atoms with E-state index in [-0.39, 0.29) is 0 Å². The van der Waals surface area contributed by atoms with Crippen LogP contribution in [0.3, 0.4) is 0 Å². The molecule has 2 heteroatoms. The van der Waals surface area contributed by atoms with Crippen LogP contribution in [0.4, 0.5) is 0 Å². The van der Waals surface area contributed by atoms with Crippen molar-refractivity contribution in [1.29, 1.82) is 0 Å². The van der Waals surface area contributed by atoms with Gasteiger partial charge in [0.2, 0.25) is 0 Å². The maximum absolute atomic E-state index is 3.60. The molecule has 3 aromatic rings. The SMILES string of the molecule is CCCCCCn1c2ccccc2c2ccc(Br)cc21. The average molecular weight is 330 g/mol. The number of hydrogen-bond donors (Lipinski definition) is 0. The smallest absolute Gasteiger partial charge is 0.0502 e. The van der Waals surface area contributed by atoms with Crippen molar-refractivity contribution in [3.63, 3.8) is 0 Å². The van der Waals surface area contributed by atoms with Crippen molar-refractivity contribution in [3.05, 3.63) is 46.9 Å². The van der Waals surface area contributed by atoms with Gasteiger partial charge in [-0.3, -0.25) is 0 Å². The second-order valence-corrected chi connectivity index (χ2v) is 6.31. The Bertz CT molecular complexity index is 727. The van der Waals surface area contributed by atoms with Gasteiger partial charge in [0.15, 0.2) is 0 Å². The number of fused-ring (bicyclic) bond motifs is 3. The lowest BCUT2D eigenvalue weighted by Gasteiger charge is -2.07. The van der Waals surface area contributed by atoms with Crippen molar-refractivity contribution in [2.75, 3.05) is 0 Å². The number of hydrogen-bond acceptors (Lipinski definition) is 0. The highest BCUT2D eigenvalue weighted by Crippen LogP contribution is 2.31. The molecule has 0 saturated heterocycles. The Kier molecular flexibility index (Phi) is 4.11. The van der Waals surface area contributed by atoms with Crippen LogP contribution in [0.1, 0.15) is 32.6 Å². The Balaban J connectivity index is 2.08. The van der Waals surface area contributed by atoms with Gasteiger partial charge < -0.3 is 4.57 Å². The molecule has 0 fully saturated rings. The standard InChI is InChI=1S/C18H20BrN/c1-2-3-4-7-12-20-17-9-6-5-8-15(17)16-11-10-14(19)13-18(16)20/h5-6,8-11,13H,2-4,7,12H2,1H3. The van der Waals surface area contributed by atoms with E-state index in [0.29, 0.717) is 0 Å².